The zero-order chi connectivity index (χ0) is 9.42. The maximum Gasteiger partial charge on any atom is 0.494 e. The molecule has 1 aromatic rings. The number of fused-ring (bicyclic) bond motifs is 1. The predicted molar refractivity (Wildman–Crippen MR) is 44.7 cm³/mol. The average Bonchev–Trinajstić information content (AvgIpc) is 2.48. The smallest absolute Gasteiger partial charge is 0.423 e. The van der Waals surface area contributed by atoms with Gasteiger partial charge in [0.05, 0.1) is 13.2 Å². The summed E-state index contributed by atoms with van der Waals surface area (Å²) in [5.74, 6) is -0.522. The quantitative estimate of drug-likeness (QED) is 0.577. The molecule has 0 atom stereocenters. The molecule has 0 fully saturated rings. The molecule has 1 aromatic carbocycles. The molecule has 0 aromatic heterocycles. The lowest BCUT2D eigenvalue weighted by molar-refractivity contribution is 0.273. The zero-order valence-corrected chi connectivity index (χ0v) is 6.83. The number of aliphatic hydroxyl groups excluding tert-OH is 1. The van der Waals surface area contributed by atoms with E-state index in [2.05, 4.69) is 0 Å². The van der Waals surface area contributed by atoms with Gasteiger partial charge in [-0.1, -0.05) is 6.07 Å². The molecule has 0 aliphatic carbocycles. The van der Waals surface area contributed by atoms with E-state index in [1.807, 2.05) is 0 Å². The molecule has 0 radical (unpaired) electrons. The molecule has 1 aliphatic rings. The van der Waals surface area contributed by atoms with E-state index in [1.54, 1.807) is 6.07 Å². The Morgan fingerprint density at radius 3 is 3.00 bits per heavy atom. The molecule has 1 aliphatic heterocycles. The number of hydrogen-bond donors (Lipinski definition) is 2. The van der Waals surface area contributed by atoms with Crippen molar-refractivity contribution in [3.63, 3.8) is 0 Å². The Morgan fingerprint density at radius 2 is 2.31 bits per heavy atom. The van der Waals surface area contributed by atoms with Crippen LogP contribution in [0.15, 0.2) is 12.1 Å². The first-order valence-corrected chi connectivity index (χ1v) is 3.94. The van der Waals surface area contributed by atoms with Gasteiger partial charge in [-0.15, -0.1) is 0 Å². The monoisotopic (exact) mass is 182 g/mol. The van der Waals surface area contributed by atoms with Crippen molar-refractivity contribution in [1.82, 2.24) is 0 Å². The van der Waals surface area contributed by atoms with Crippen LogP contribution in [0.25, 0.3) is 0 Å². The Morgan fingerprint density at radius 1 is 1.54 bits per heavy atom. The summed E-state index contributed by atoms with van der Waals surface area (Å²) < 4.78 is 18.1. The summed E-state index contributed by atoms with van der Waals surface area (Å²) in [6.07, 6.45) is 0. The third-order valence-corrected chi connectivity index (χ3v) is 2.10. The summed E-state index contributed by atoms with van der Waals surface area (Å²) in [6, 6.07) is 2.84. The van der Waals surface area contributed by atoms with Gasteiger partial charge in [0, 0.05) is 5.46 Å². The van der Waals surface area contributed by atoms with E-state index in [0.717, 1.165) is 0 Å². The lowest BCUT2D eigenvalue weighted by Crippen LogP contribution is -2.31. The summed E-state index contributed by atoms with van der Waals surface area (Å²) in [5.41, 5.74) is 1.29. The molecule has 0 spiro atoms. The van der Waals surface area contributed by atoms with Crippen LogP contribution in [-0.2, 0) is 17.9 Å². The molecule has 0 saturated carbocycles. The van der Waals surface area contributed by atoms with Gasteiger partial charge in [0.2, 0.25) is 0 Å². The predicted octanol–water partition coefficient (Wildman–Crippen LogP) is -0.464. The van der Waals surface area contributed by atoms with E-state index in [1.165, 1.54) is 6.07 Å². The van der Waals surface area contributed by atoms with Gasteiger partial charge in [0.25, 0.3) is 0 Å². The molecule has 0 saturated heterocycles. The number of rotatable bonds is 1. The van der Waals surface area contributed by atoms with Gasteiger partial charge in [0.1, 0.15) is 5.82 Å². The Kier molecular flexibility index (Phi) is 2.07. The highest BCUT2D eigenvalue weighted by Gasteiger charge is 2.30. The first-order chi connectivity index (χ1) is 6.22. The number of aliphatic hydroxyl groups is 1. The van der Waals surface area contributed by atoms with Crippen LogP contribution in [0.1, 0.15) is 11.1 Å². The Hall–Kier alpha value is -0.905. The highest BCUT2D eigenvalue weighted by molar-refractivity contribution is 6.61. The molecular formula is C8H8BFO3. The highest BCUT2D eigenvalue weighted by Crippen LogP contribution is 2.14. The minimum Gasteiger partial charge on any atom is -0.423 e. The fourth-order valence-electron chi connectivity index (χ4n) is 1.48. The standard InChI is InChI=1S/C8H8BFO3/c10-7-2-5(3-11)1-6-4-13-9(12)8(6)7/h1-2,11-12H,3-4H2. The highest BCUT2D eigenvalue weighted by atomic mass is 19.1. The van der Waals surface area contributed by atoms with E-state index in [9.17, 15) is 9.41 Å². The number of hydrogen-bond acceptors (Lipinski definition) is 3. The molecule has 2 N–H and O–H groups in total. The molecule has 1 heterocycles. The van der Waals surface area contributed by atoms with Crippen molar-refractivity contribution in [2.24, 2.45) is 0 Å². The van der Waals surface area contributed by atoms with Crippen LogP contribution in [-0.4, -0.2) is 17.2 Å². The SMILES string of the molecule is OCc1cc(F)c2c(c1)COB2O. The van der Waals surface area contributed by atoms with Gasteiger partial charge in [-0.3, -0.25) is 0 Å². The molecule has 0 unspecified atom stereocenters. The lowest BCUT2D eigenvalue weighted by Gasteiger charge is -2.02. The van der Waals surface area contributed by atoms with Crippen LogP contribution >= 0.6 is 0 Å². The summed E-state index contributed by atoms with van der Waals surface area (Å²) >= 11 is 0. The second-order valence-corrected chi connectivity index (χ2v) is 2.97. The van der Waals surface area contributed by atoms with Crippen LogP contribution in [0, 0.1) is 5.82 Å². The van der Waals surface area contributed by atoms with Crippen molar-refractivity contribution >= 4 is 12.6 Å². The average molecular weight is 182 g/mol. The maximum absolute atomic E-state index is 13.2. The summed E-state index contributed by atoms with van der Waals surface area (Å²) in [7, 11) is -1.16. The molecule has 68 valence electrons. The van der Waals surface area contributed by atoms with Gasteiger partial charge in [0.15, 0.2) is 0 Å². The van der Waals surface area contributed by atoms with Crippen LogP contribution in [0.3, 0.4) is 0 Å². The zero-order valence-electron chi connectivity index (χ0n) is 6.83. The van der Waals surface area contributed by atoms with Gasteiger partial charge in [-0.25, -0.2) is 4.39 Å². The molecule has 3 nitrogen and oxygen atoms in total. The van der Waals surface area contributed by atoms with Crippen molar-refractivity contribution in [3.8, 4) is 0 Å². The second-order valence-electron chi connectivity index (χ2n) is 2.97. The van der Waals surface area contributed by atoms with Crippen LogP contribution in [0.5, 0.6) is 0 Å². The van der Waals surface area contributed by atoms with Crippen molar-refractivity contribution in [2.75, 3.05) is 0 Å². The topological polar surface area (TPSA) is 49.7 Å². The molecule has 0 amide bonds. The van der Waals surface area contributed by atoms with Crippen LogP contribution < -0.4 is 5.46 Å². The Labute approximate surface area is 74.9 Å². The van der Waals surface area contributed by atoms with Crippen molar-refractivity contribution in [1.29, 1.82) is 0 Å². The van der Waals surface area contributed by atoms with E-state index >= 15 is 0 Å². The van der Waals surface area contributed by atoms with Gasteiger partial charge in [-0.05, 0) is 17.2 Å². The van der Waals surface area contributed by atoms with Gasteiger partial charge < -0.3 is 14.8 Å². The first-order valence-electron chi connectivity index (χ1n) is 3.94. The molecule has 13 heavy (non-hydrogen) atoms. The van der Waals surface area contributed by atoms with Gasteiger partial charge in [-0.2, -0.15) is 0 Å². The third-order valence-electron chi connectivity index (χ3n) is 2.10. The van der Waals surface area contributed by atoms with Crippen LogP contribution in [0.4, 0.5) is 4.39 Å². The van der Waals surface area contributed by atoms with Crippen molar-refractivity contribution in [2.45, 2.75) is 13.2 Å². The largest absolute Gasteiger partial charge is 0.494 e. The minimum absolute atomic E-state index is 0.192. The molecule has 5 heteroatoms. The summed E-state index contributed by atoms with van der Waals surface area (Å²) in [5, 5.41) is 18.0. The van der Waals surface area contributed by atoms with Crippen molar-refractivity contribution < 1.29 is 19.2 Å². The van der Waals surface area contributed by atoms with Crippen LogP contribution in [0.2, 0.25) is 0 Å². The fourth-order valence-corrected chi connectivity index (χ4v) is 1.48. The van der Waals surface area contributed by atoms with E-state index in [0.29, 0.717) is 11.1 Å². The van der Waals surface area contributed by atoms with E-state index < -0.39 is 12.9 Å². The second kappa shape index (κ2) is 3.10. The molecular weight excluding hydrogens is 174 g/mol. The minimum atomic E-state index is -1.16. The number of benzene rings is 1. The molecule has 2 rings (SSSR count). The summed E-state index contributed by atoms with van der Waals surface area (Å²) in [4.78, 5) is 0. The van der Waals surface area contributed by atoms with Gasteiger partial charge >= 0.3 is 7.12 Å². The summed E-state index contributed by atoms with van der Waals surface area (Å²) in [6.45, 7) is -0.0123. The lowest BCUT2D eigenvalue weighted by atomic mass is 9.78. The Bertz CT molecular complexity index is 342. The van der Waals surface area contributed by atoms with E-state index in [-0.39, 0.29) is 18.7 Å². The maximum atomic E-state index is 13.2. The fraction of sp³-hybridized carbons (Fsp3) is 0.250. The first kappa shape index (κ1) is 8.68. The third kappa shape index (κ3) is 1.35. The van der Waals surface area contributed by atoms with E-state index in [4.69, 9.17) is 9.76 Å². The van der Waals surface area contributed by atoms with Crippen molar-refractivity contribution in [3.05, 3.63) is 29.1 Å². The Balaban J connectivity index is 2.53. The molecule has 0 bridgehead atoms. The number of halogens is 1. The normalized spacial score (nSPS) is 14.8.